The van der Waals surface area contributed by atoms with E-state index in [1.54, 1.807) is 6.20 Å². The third-order valence-corrected chi connectivity index (χ3v) is 4.80. The Labute approximate surface area is 146 Å². The van der Waals surface area contributed by atoms with Crippen LogP contribution in [0.25, 0.3) is 5.52 Å². The van der Waals surface area contributed by atoms with Gasteiger partial charge in [-0.15, -0.1) is 5.10 Å². The van der Waals surface area contributed by atoms with Crippen LogP contribution in [0.1, 0.15) is 24.0 Å². The normalized spacial score (nSPS) is 17.1. The van der Waals surface area contributed by atoms with Gasteiger partial charge in [0.25, 0.3) is 0 Å². The summed E-state index contributed by atoms with van der Waals surface area (Å²) in [4.78, 5) is 2.32. The van der Waals surface area contributed by atoms with Gasteiger partial charge >= 0.3 is 0 Å². The van der Waals surface area contributed by atoms with Crippen LogP contribution in [0.15, 0.2) is 48.9 Å². The fraction of sp³-hybridized carbons (Fsp3) is 0.316. The van der Waals surface area contributed by atoms with Crippen molar-refractivity contribution in [2.75, 3.05) is 18.0 Å². The average molecular weight is 332 g/mol. The number of nitrogens with one attached hydrogen (secondary N) is 1. The Morgan fingerprint density at radius 1 is 1.28 bits per heavy atom. The molecule has 6 heteroatoms. The molecule has 0 bridgehead atoms. The molecule has 4 heterocycles. The maximum Gasteiger partial charge on any atom is 0.151 e. The van der Waals surface area contributed by atoms with E-state index < -0.39 is 0 Å². The average Bonchev–Trinajstić information content (AvgIpc) is 3.26. The van der Waals surface area contributed by atoms with Crippen LogP contribution in [-0.2, 0) is 6.54 Å². The van der Waals surface area contributed by atoms with E-state index in [-0.39, 0.29) is 0 Å². The SMILES string of the molecule is N#Cc1c(CNC[C@@H]2CCCN2c2cccnn2)cn2ccccc12. The van der Waals surface area contributed by atoms with Gasteiger partial charge in [-0.1, -0.05) is 6.07 Å². The predicted molar refractivity (Wildman–Crippen MR) is 96.2 cm³/mol. The van der Waals surface area contributed by atoms with Crippen LogP contribution in [-0.4, -0.2) is 33.7 Å². The number of nitrogens with zero attached hydrogens (tertiary/aromatic N) is 5. The lowest BCUT2D eigenvalue weighted by atomic mass is 10.1. The van der Waals surface area contributed by atoms with E-state index in [9.17, 15) is 5.26 Å². The van der Waals surface area contributed by atoms with Crippen LogP contribution in [0, 0.1) is 11.3 Å². The summed E-state index contributed by atoms with van der Waals surface area (Å²) in [6, 6.07) is 12.6. The molecule has 0 amide bonds. The zero-order valence-electron chi connectivity index (χ0n) is 14.0. The van der Waals surface area contributed by atoms with Gasteiger partial charge in [-0.05, 0) is 37.1 Å². The highest BCUT2D eigenvalue weighted by Gasteiger charge is 2.25. The van der Waals surface area contributed by atoms with Gasteiger partial charge in [0.05, 0.1) is 11.1 Å². The molecule has 1 aliphatic heterocycles. The smallest absolute Gasteiger partial charge is 0.151 e. The van der Waals surface area contributed by atoms with Crippen molar-refractivity contribution < 1.29 is 0 Å². The first-order valence-corrected chi connectivity index (χ1v) is 8.60. The van der Waals surface area contributed by atoms with Crippen LogP contribution in [0.4, 0.5) is 5.82 Å². The third kappa shape index (κ3) is 3.06. The second-order valence-corrected chi connectivity index (χ2v) is 6.34. The quantitative estimate of drug-likeness (QED) is 0.777. The summed E-state index contributed by atoms with van der Waals surface area (Å²) in [5.41, 5.74) is 2.76. The summed E-state index contributed by atoms with van der Waals surface area (Å²) in [6.45, 7) is 2.58. The fourth-order valence-electron chi connectivity index (χ4n) is 3.61. The summed E-state index contributed by atoms with van der Waals surface area (Å²) < 4.78 is 2.01. The van der Waals surface area contributed by atoms with Gasteiger partial charge in [-0.25, -0.2) is 0 Å². The van der Waals surface area contributed by atoms with E-state index in [0.717, 1.165) is 42.0 Å². The van der Waals surface area contributed by atoms with Crippen LogP contribution < -0.4 is 10.2 Å². The molecule has 1 atom stereocenters. The molecule has 3 aromatic heterocycles. The van der Waals surface area contributed by atoms with Gasteiger partial charge in [-0.3, -0.25) is 0 Å². The number of fused-ring (bicyclic) bond motifs is 1. The maximum atomic E-state index is 9.49. The molecule has 0 radical (unpaired) electrons. The van der Waals surface area contributed by atoms with E-state index in [0.29, 0.717) is 12.6 Å². The lowest BCUT2D eigenvalue weighted by Gasteiger charge is -2.25. The Balaban J connectivity index is 1.43. The van der Waals surface area contributed by atoms with Crippen molar-refractivity contribution in [1.29, 1.82) is 5.26 Å². The number of aromatic nitrogens is 3. The lowest BCUT2D eigenvalue weighted by Crippen LogP contribution is -2.38. The molecule has 0 unspecified atom stereocenters. The Morgan fingerprint density at radius 3 is 3.08 bits per heavy atom. The number of rotatable bonds is 5. The van der Waals surface area contributed by atoms with Crippen molar-refractivity contribution in [2.24, 2.45) is 0 Å². The van der Waals surface area contributed by atoms with Crippen molar-refractivity contribution in [3.63, 3.8) is 0 Å². The molecule has 0 aromatic carbocycles. The first-order chi connectivity index (χ1) is 12.4. The zero-order chi connectivity index (χ0) is 17.1. The summed E-state index contributed by atoms with van der Waals surface area (Å²) in [5.74, 6) is 0.944. The molecule has 0 saturated carbocycles. The molecule has 25 heavy (non-hydrogen) atoms. The number of hydrogen-bond donors (Lipinski definition) is 1. The highest BCUT2D eigenvalue weighted by atomic mass is 15.3. The van der Waals surface area contributed by atoms with E-state index in [2.05, 4.69) is 26.5 Å². The molecule has 0 spiro atoms. The molecule has 4 rings (SSSR count). The molecular formula is C19H20N6. The van der Waals surface area contributed by atoms with Crippen LogP contribution in [0.5, 0.6) is 0 Å². The highest BCUT2D eigenvalue weighted by Crippen LogP contribution is 2.23. The number of nitriles is 1. The molecule has 1 saturated heterocycles. The van der Waals surface area contributed by atoms with Crippen LogP contribution in [0.3, 0.4) is 0 Å². The topological polar surface area (TPSA) is 69.2 Å². The first-order valence-electron chi connectivity index (χ1n) is 8.60. The maximum absolute atomic E-state index is 9.49. The monoisotopic (exact) mass is 332 g/mol. The Hall–Kier alpha value is -2.91. The third-order valence-electron chi connectivity index (χ3n) is 4.80. The second-order valence-electron chi connectivity index (χ2n) is 6.34. The molecule has 1 aliphatic rings. The van der Waals surface area contributed by atoms with Gasteiger partial charge < -0.3 is 14.6 Å². The van der Waals surface area contributed by atoms with E-state index in [1.165, 1.54) is 6.42 Å². The largest absolute Gasteiger partial charge is 0.351 e. The number of anilines is 1. The molecule has 6 nitrogen and oxygen atoms in total. The molecule has 0 aliphatic carbocycles. The number of hydrogen-bond acceptors (Lipinski definition) is 5. The highest BCUT2D eigenvalue weighted by molar-refractivity contribution is 5.65. The van der Waals surface area contributed by atoms with Gasteiger partial charge in [-0.2, -0.15) is 10.4 Å². The van der Waals surface area contributed by atoms with Crippen molar-refractivity contribution in [3.05, 3.63) is 60.0 Å². The van der Waals surface area contributed by atoms with Crippen molar-refractivity contribution >= 4 is 11.3 Å². The Morgan fingerprint density at radius 2 is 2.24 bits per heavy atom. The minimum absolute atomic E-state index is 0.416. The standard InChI is InChI=1S/C19H20N6/c20-11-17-15(14-24-9-2-1-6-18(17)24)12-21-13-16-5-4-10-25(16)19-7-3-8-22-23-19/h1-3,6-9,14,16,21H,4-5,10,12-13H2/t16-/m0/s1. The van der Waals surface area contributed by atoms with Crippen molar-refractivity contribution in [1.82, 2.24) is 19.9 Å². The van der Waals surface area contributed by atoms with E-state index in [1.807, 2.05) is 47.1 Å². The lowest BCUT2D eigenvalue weighted by molar-refractivity contribution is 0.569. The number of pyridine rings is 1. The van der Waals surface area contributed by atoms with E-state index >= 15 is 0 Å². The van der Waals surface area contributed by atoms with Crippen molar-refractivity contribution in [2.45, 2.75) is 25.4 Å². The summed E-state index contributed by atoms with van der Waals surface area (Å²) in [6.07, 6.45) is 8.03. The van der Waals surface area contributed by atoms with Gasteiger partial charge in [0, 0.05) is 49.8 Å². The van der Waals surface area contributed by atoms with Gasteiger partial charge in [0.1, 0.15) is 6.07 Å². The Kier molecular flexibility index (Phi) is 4.32. The summed E-state index contributed by atoms with van der Waals surface area (Å²) in [7, 11) is 0. The first kappa shape index (κ1) is 15.6. The molecule has 3 aromatic rings. The van der Waals surface area contributed by atoms with Gasteiger partial charge in [0.2, 0.25) is 0 Å². The summed E-state index contributed by atoms with van der Waals surface area (Å²) >= 11 is 0. The fourth-order valence-corrected chi connectivity index (χ4v) is 3.61. The second kappa shape index (κ2) is 6.91. The van der Waals surface area contributed by atoms with E-state index in [4.69, 9.17) is 0 Å². The minimum atomic E-state index is 0.416. The minimum Gasteiger partial charge on any atom is -0.351 e. The van der Waals surface area contributed by atoms with Crippen LogP contribution >= 0.6 is 0 Å². The Bertz CT molecular complexity index is 895. The van der Waals surface area contributed by atoms with Gasteiger partial charge in [0.15, 0.2) is 5.82 Å². The summed E-state index contributed by atoms with van der Waals surface area (Å²) in [5, 5.41) is 21.2. The molecular weight excluding hydrogens is 312 g/mol. The molecule has 1 N–H and O–H groups in total. The molecule has 1 fully saturated rings. The van der Waals surface area contributed by atoms with Crippen molar-refractivity contribution in [3.8, 4) is 6.07 Å². The van der Waals surface area contributed by atoms with Crippen LogP contribution in [0.2, 0.25) is 0 Å². The predicted octanol–water partition coefficient (Wildman–Crippen LogP) is 2.36. The zero-order valence-corrected chi connectivity index (χ0v) is 14.0. The molecule has 126 valence electrons.